The maximum atomic E-state index is 12.6. The number of carbonyl (C=O) groups is 4. The van der Waals surface area contributed by atoms with E-state index in [4.69, 9.17) is 19.9 Å². The van der Waals surface area contributed by atoms with Gasteiger partial charge in [-0.05, 0) is 44.4 Å². The largest absolute Gasteiger partial charge is 0.462 e. The normalized spacial score (nSPS) is 23.3. The molecule has 60 heavy (non-hydrogen) atoms. The number of cyclic esters (lactones) is 1. The monoisotopic (exact) mass is 831 g/mol. The van der Waals surface area contributed by atoms with Crippen molar-refractivity contribution in [3.63, 3.8) is 0 Å². The molecule has 2 aromatic carbocycles. The summed E-state index contributed by atoms with van der Waals surface area (Å²) < 4.78 is 16.3. The second-order valence-corrected chi connectivity index (χ2v) is 16.5. The van der Waals surface area contributed by atoms with Gasteiger partial charge >= 0.3 is 18.0 Å². The molecule has 0 aliphatic carbocycles. The average Bonchev–Trinajstić information content (AvgIpc) is 3.23. The lowest BCUT2D eigenvalue weighted by molar-refractivity contribution is -0.179. The minimum Gasteiger partial charge on any atom is -0.462 e. The molecular formula is C48H65NO11. The van der Waals surface area contributed by atoms with Crippen LogP contribution in [0.15, 0.2) is 103 Å². The van der Waals surface area contributed by atoms with E-state index in [-0.39, 0.29) is 48.4 Å². The van der Waals surface area contributed by atoms with Crippen LogP contribution in [0.5, 0.6) is 0 Å². The fourth-order valence-electron chi connectivity index (χ4n) is 7.64. The summed E-state index contributed by atoms with van der Waals surface area (Å²) >= 11 is 0. The number of benzene rings is 2. The molecule has 0 radical (unpaired) electrons. The van der Waals surface area contributed by atoms with Crippen LogP contribution in [0.1, 0.15) is 94.5 Å². The fraction of sp³-hybridized carbons (Fsp3) is 0.500. The van der Waals surface area contributed by atoms with Crippen molar-refractivity contribution < 1.29 is 53.8 Å². The Balaban J connectivity index is 1.49. The van der Waals surface area contributed by atoms with E-state index in [0.29, 0.717) is 23.1 Å². The Kier molecular flexibility index (Phi) is 19.6. The molecule has 0 unspecified atom stereocenters. The number of primary amides is 1. The van der Waals surface area contributed by atoms with Gasteiger partial charge in [-0.1, -0.05) is 126 Å². The van der Waals surface area contributed by atoms with Gasteiger partial charge in [0.1, 0.15) is 18.8 Å². The van der Waals surface area contributed by atoms with Crippen LogP contribution >= 0.6 is 0 Å². The van der Waals surface area contributed by atoms with Gasteiger partial charge in [-0.3, -0.25) is 9.59 Å². The molecule has 0 aromatic heterocycles. The van der Waals surface area contributed by atoms with Crippen LogP contribution in [-0.4, -0.2) is 87.5 Å². The highest BCUT2D eigenvalue weighted by Crippen LogP contribution is 2.31. The van der Waals surface area contributed by atoms with E-state index in [1.807, 2.05) is 46.8 Å². The van der Waals surface area contributed by atoms with E-state index < -0.39 is 66.5 Å². The highest BCUT2D eigenvalue weighted by atomic mass is 16.6. The zero-order valence-electron chi connectivity index (χ0n) is 36.1. The van der Waals surface area contributed by atoms with E-state index in [0.717, 1.165) is 5.57 Å². The first kappa shape index (κ1) is 49.5. The summed E-state index contributed by atoms with van der Waals surface area (Å²) in [5.74, 6) is -3.73. The average molecular weight is 832 g/mol. The molecule has 2 aromatic rings. The van der Waals surface area contributed by atoms with Gasteiger partial charge < -0.3 is 40.4 Å². The van der Waals surface area contributed by atoms with Gasteiger partial charge in [0.25, 0.3) is 0 Å². The number of aliphatic hydroxyl groups excluding tert-OH is 4. The van der Waals surface area contributed by atoms with E-state index in [2.05, 4.69) is 0 Å². The number of amides is 1. The van der Waals surface area contributed by atoms with E-state index >= 15 is 0 Å². The Morgan fingerprint density at radius 2 is 1.43 bits per heavy atom. The van der Waals surface area contributed by atoms with Crippen molar-refractivity contribution in [2.24, 2.45) is 47.2 Å². The van der Waals surface area contributed by atoms with Gasteiger partial charge in [0.15, 0.2) is 5.78 Å². The molecule has 1 saturated heterocycles. The van der Waals surface area contributed by atoms with Gasteiger partial charge in [-0.2, -0.15) is 0 Å². The number of rotatable bonds is 21. The van der Waals surface area contributed by atoms with Crippen molar-refractivity contribution in [1.29, 1.82) is 0 Å². The van der Waals surface area contributed by atoms with E-state index in [1.54, 1.807) is 106 Å². The zero-order valence-corrected chi connectivity index (χ0v) is 36.1. The molecule has 1 heterocycles. The lowest BCUT2D eigenvalue weighted by Gasteiger charge is -2.36. The predicted molar refractivity (Wildman–Crippen MR) is 230 cm³/mol. The summed E-state index contributed by atoms with van der Waals surface area (Å²) in [5.41, 5.74) is 7.72. The first-order valence-electron chi connectivity index (χ1n) is 20.8. The number of esters is 2. The van der Waals surface area contributed by atoms with Gasteiger partial charge in [0.05, 0.1) is 35.9 Å². The minimum absolute atomic E-state index is 0.00292. The summed E-state index contributed by atoms with van der Waals surface area (Å²) in [6.45, 7) is 14.6. The van der Waals surface area contributed by atoms with Crippen LogP contribution in [0.4, 0.5) is 4.79 Å². The van der Waals surface area contributed by atoms with Crippen LogP contribution in [0, 0.1) is 41.4 Å². The Hall–Kier alpha value is -4.88. The predicted octanol–water partition coefficient (Wildman–Crippen LogP) is 6.76. The molecule has 6 N–H and O–H groups in total. The van der Waals surface area contributed by atoms with E-state index in [1.165, 1.54) is 0 Å². The summed E-state index contributed by atoms with van der Waals surface area (Å²) in [6.07, 6.45) is 7.09. The van der Waals surface area contributed by atoms with Gasteiger partial charge in [-0.25, -0.2) is 9.59 Å². The minimum atomic E-state index is -0.957. The molecular weight excluding hydrogens is 767 g/mol. The number of aliphatic hydroxyl groups is 4. The third-order valence-electron chi connectivity index (χ3n) is 11.5. The maximum Gasteiger partial charge on any atom is 0.404 e. The molecule has 1 amide bonds. The topological polar surface area (TPSA) is 203 Å². The van der Waals surface area contributed by atoms with Crippen LogP contribution in [0.2, 0.25) is 0 Å². The van der Waals surface area contributed by atoms with Gasteiger partial charge in [-0.15, -0.1) is 0 Å². The summed E-state index contributed by atoms with van der Waals surface area (Å²) in [7, 11) is 0. The molecule has 13 atom stereocenters. The van der Waals surface area contributed by atoms with E-state index in [9.17, 15) is 39.6 Å². The number of hydrogen-bond donors (Lipinski definition) is 5. The van der Waals surface area contributed by atoms with Crippen molar-refractivity contribution in [3.05, 3.63) is 119 Å². The smallest absolute Gasteiger partial charge is 0.404 e. The molecule has 328 valence electrons. The summed E-state index contributed by atoms with van der Waals surface area (Å²) in [4.78, 5) is 49.1. The van der Waals surface area contributed by atoms with Gasteiger partial charge in [0.2, 0.25) is 0 Å². The highest BCUT2D eigenvalue weighted by molar-refractivity contribution is 6.09. The number of hydrogen-bond acceptors (Lipinski definition) is 11. The zero-order chi connectivity index (χ0) is 44.7. The summed E-state index contributed by atoms with van der Waals surface area (Å²) in [6, 6.07) is 15.2. The van der Waals surface area contributed by atoms with Gasteiger partial charge in [0, 0.05) is 47.1 Å². The van der Waals surface area contributed by atoms with Crippen LogP contribution in [0.3, 0.4) is 0 Å². The SMILES string of the molecule is C/C(=C/[C@H](C)[C@@H](O)[C@@H](C)/C=C\[C@@H](O)C[C@@H]1OC(=O)[C@H](C)[C@@H](O)[C@H]1C)C[C@H](C)[C@@H](O)[C@H](C)[C@@H](OC(N)=O)[C@@H](C)/C=C\C=C\COC(=O)c1ccc(C(=O)c2ccccc2)cc1. The van der Waals surface area contributed by atoms with Crippen molar-refractivity contribution in [2.75, 3.05) is 6.61 Å². The van der Waals surface area contributed by atoms with Crippen molar-refractivity contribution in [1.82, 2.24) is 0 Å². The Morgan fingerprint density at radius 1 is 0.817 bits per heavy atom. The molecule has 0 spiro atoms. The van der Waals surface area contributed by atoms with Crippen LogP contribution in [0.25, 0.3) is 0 Å². The first-order chi connectivity index (χ1) is 28.3. The van der Waals surface area contributed by atoms with Crippen molar-refractivity contribution in [3.8, 4) is 0 Å². The Bertz CT molecular complexity index is 1820. The summed E-state index contributed by atoms with van der Waals surface area (Å²) in [5, 5.41) is 43.4. The van der Waals surface area contributed by atoms with Crippen LogP contribution in [-0.2, 0) is 19.0 Å². The quantitative estimate of drug-likeness (QED) is 0.0293. The number of ether oxygens (including phenoxy) is 3. The maximum absolute atomic E-state index is 12.6. The number of allylic oxidation sites excluding steroid dienone is 3. The molecule has 0 saturated carbocycles. The fourth-order valence-corrected chi connectivity index (χ4v) is 7.64. The molecule has 1 aliphatic rings. The Labute approximate surface area is 354 Å². The lowest BCUT2D eigenvalue weighted by atomic mass is 9.81. The molecule has 12 nitrogen and oxygen atoms in total. The number of nitrogens with two attached hydrogens (primary N) is 1. The molecule has 0 bridgehead atoms. The molecule has 12 heteroatoms. The number of ketones is 1. The molecule has 1 aliphatic heterocycles. The lowest BCUT2D eigenvalue weighted by Crippen LogP contribution is -2.47. The van der Waals surface area contributed by atoms with Crippen molar-refractivity contribution in [2.45, 2.75) is 105 Å². The second kappa shape index (κ2) is 23.8. The third kappa shape index (κ3) is 14.7. The second-order valence-electron chi connectivity index (χ2n) is 16.5. The standard InChI is InChI=1S/C48H65NO11/c1-28(25-31(4)41(51)29(2)18-23-39(50)27-40-33(6)43(53)35(8)46(55)59-40)26-32(5)42(52)34(7)45(60-48(49)57)30(3)15-11-10-14-24-58-47(56)38-21-19-37(20-22-38)44(54)36-16-12-9-13-17-36/h9-23,25,29-35,39-43,45,50-53H,24,26-27H2,1-8H3,(H2,49,57)/b14-10+,15-11-,23-18-,28-25-/t29-,30-,31-,32-,33-,34-,35+,39+,40-,41-,42+,43-,45-/m0/s1. The number of carbonyl (C=O) groups excluding carboxylic acids is 4. The highest BCUT2D eigenvalue weighted by Gasteiger charge is 2.41. The third-order valence-corrected chi connectivity index (χ3v) is 11.5. The molecule has 3 rings (SSSR count). The Morgan fingerprint density at radius 3 is 2.07 bits per heavy atom. The first-order valence-corrected chi connectivity index (χ1v) is 20.8. The molecule has 1 fully saturated rings. The van der Waals surface area contributed by atoms with Crippen molar-refractivity contribution >= 4 is 23.8 Å². The van der Waals surface area contributed by atoms with Crippen LogP contribution < -0.4 is 5.73 Å².